The third-order valence-corrected chi connectivity index (χ3v) is 4.29. The fourth-order valence-corrected chi connectivity index (χ4v) is 3.14. The van der Waals surface area contributed by atoms with Crippen LogP contribution in [0.15, 0.2) is 41.4 Å². The van der Waals surface area contributed by atoms with Gasteiger partial charge in [0.1, 0.15) is 29.0 Å². The molecule has 1 aliphatic heterocycles. The molecule has 0 amide bonds. The summed E-state index contributed by atoms with van der Waals surface area (Å²) in [6.07, 6.45) is 1.72. The number of fused-ring (bicyclic) bond motifs is 3. The van der Waals surface area contributed by atoms with E-state index in [0.717, 1.165) is 24.4 Å². The smallest absolute Gasteiger partial charge is 0.159 e. The highest BCUT2D eigenvalue weighted by Gasteiger charge is 2.25. The number of pyridine rings is 1. The molecule has 0 saturated heterocycles. The number of rotatable bonds is 3. The topological polar surface area (TPSA) is 56.0 Å². The van der Waals surface area contributed by atoms with E-state index in [-0.39, 0.29) is 5.82 Å². The second-order valence-corrected chi connectivity index (χ2v) is 6.15. The van der Waals surface area contributed by atoms with Crippen LogP contribution >= 0.6 is 11.6 Å². The molecular weight excluding hydrogens is 341 g/mol. The van der Waals surface area contributed by atoms with Crippen LogP contribution in [0.25, 0.3) is 5.69 Å². The highest BCUT2D eigenvalue weighted by Crippen LogP contribution is 2.27. The van der Waals surface area contributed by atoms with E-state index >= 15 is 0 Å². The summed E-state index contributed by atoms with van der Waals surface area (Å²) in [7, 11) is 0. The highest BCUT2D eigenvalue weighted by molar-refractivity contribution is 6.30. The molecule has 0 saturated carbocycles. The van der Waals surface area contributed by atoms with Crippen LogP contribution < -0.4 is 0 Å². The molecule has 3 heterocycles. The van der Waals surface area contributed by atoms with Crippen molar-refractivity contribution in [1.82, 2.24) is 19.7 Å². The molecule has 0 N–H and O–H groups in total. The van der Waals surface area contributed by atoms with E-state index in [1.54, 1.807) is 24.3 Å². The molecule has 0 aliphatic carbocycles. The van der Waals surface area contributed by atoms with Crippen LogP contribution in [0, 0.1) is 5.82 Å². The normalized spacial score (nSPS) is 13.0. The van der Waals surface area contributed by atoms with Crippen LogP contribution in [0.5, 0.6) is 0 Å². The van der Waals surface area contributed by atoms with Gasteiger partial charge in [0, 0.05) is 12.0 Å². The molecular formula is C18H15ClFN5. The third kappa shape index (κ3) is 2.72. The molecule has 4 rings (SSSR count). The number of hydrogen-bond donors (Lipinski definition) is 0. The summed E-state index contributed by atoms with van der Waals surface area (Å²) < 4.78 is 16.3. The van der Waals surface area contributed by atoms with Crippen molar-refractivity contribution >= 4 is 17.3 Å². The Morgan fingerprint density at radius 2 is 2.00 bits per heavy atom. The summed E-state index contributed by atoms with van der Waals surface area (Å²) in [6.45, 7) is 2.38. The Kier molecular flexibility index (Phi) is 4.05. The van der Waals surface area contributed by atoms with Crippen molar-refractivity contribution in [3.8, 4) is 5.69 Å². The Labute approximate surface area is 149 Å². The quantitative estimate of drug-likeness (QED) is 0.672. The van der Waals surface area contributed by atoms with Gasteiger partial charge in [0.25, 0.3) is 0 Å². The maximum Gasteiger partial charge on any atom is 0.159 e. The number of hydrogen-bond acceptors (Lipinski definition) is 4. The fraction of sp³-hybridized carbons (Fsp3) is 0.222. The Balaban J connectivity index is 1.98. The van der Waals surface area contributed by atoms with Crippen LogP contribution in [0.3, 0.4) is 0 Å². The first-order valence-electron chi connectivity index (χ1n) is 8.09. The fourth-order valence-electron chi connectivity index (χ4n) is 2.99. The van der Waals surface area contributed by atoms with Gasteiger partial charge in [-0.2, -0.15) is 0 Å². The van der Waals surface area contributed by atoms with Gasteiger partial charge in [-0.25, -0.2) is 9.37 Å². The van der Waals surface area contributed by atoms with Gasteiger partial charge in [-0.3, -0.25) is 9.56 Å². The Morgan fingerprint density at radius 3 is 2.80 bits per heavy atom. The first-order chi connectivity index (χ1) is 12.2. The molecule has 2 aromatic heterocycles. The lowest BCUT2D eigenvalue weighted by atomic mass is 10.0. The average molecular weight is 356 g/mol. The number of aromatic nitrogens is 4. The van der Waals surface area contributed by atoms with Gasteiger partial charge >= 0.3 is 0 Å². The van der Waals surface area contributed by atoms with E-state index in [1.807, 2.05) is 10.6 Å². The summed E-state index contributed by atoms with van der Waals surface area (Å²) in [5.41, 5.74) is 2.18. The highest BCUT2D eigenvalue weighted by atomic mass is 35.5. The van der Waals surface area contributed by atoms with Gasteiger partial charge in [0.2, 0.25) is 0 Å². The van der Waals surface area contributed by atoms with Crippen molar-refractivity contribution < 1.29 is 4.39 Å². The zero-order valence-corrected chi connectivity index (χ0v) is 14.3. The Bertz CT molecular complexity index is 979. The van der Waals surface area contributed by atoms with E-state index in [2.05, 4.69) is 27.1 Å². The standard InChI is InChI=1S/C18H15ClFN5/c1-2-5-15-23-24-16-10-21-17(11-6-3-4-7-12(11)20)18-13(25(15)16)8-9-14(19)22-18/h3-4,6-9H,2,5,10H2,1H3. The number of aryl methyl sites for hydroxylation is 1. The minimum atomic E-state index is -0.347. The molecule has 0 bridgehead atoms. The molecule has 0 atom stereocenters. The maximum atomic E-state index is 14.4. The van der Waals surface area contributed by atoms with Crippen LogP contribution in [-0.2, 0) is 13.0 Å². The minimum Gasteiger partial charge on any atom is -0.279 e. The van der Waals surface area contributed by atoms with E-state index in [9.17, 15) is 4.39 Å². The molecule has 3 aromatic rings. The lowest BCUT2D eigenvalue weighted by Crippen LogP contribution is -2.13. The predicted octanol–water partition coefficient (Wildman–Crippen LogP) is 3.76. The van der Waals surface area contributed by atoms with Gasteiger partial charge in [0.05, 0.1) is 11.4 Å². The van der Waals surface area contributed by atoms with Gasteiger partial charge in [-0.15, -0.1) is 10.2 Å². The summed E-state index contributed by atoms with van der Waals surface area (Å²) in [6, 6.07) is 10.1. The van der Waals surface area contributed by atoms with Crippen molar-refractivity contribution in [3.05, 3.63) is 70.3 Å². The van der Waals surface area contributed by atoms with E-state index in [4.69, 9.17) is 11.6 Å². The number of benzene rings is 1. The van der Waals surface area contributed by atoms with Gasteiger partial charge in [0.15, 0.2) is 5.82 Å². The third-order valence-electron chi connectivity index (χ3n) is 4.08. The van der Waals surface area contributed by atoms with Crippen molar-refractivity contribution in [2.45, 2.75) is 26.3 Å². The number of halogens is 2. The molecule has 126 valence electrons. The Hall–Kier alpha value is -2.60. The molecule has 1 aliphatic rings. The zero-order chi connectivity index (χ0) is 17.4. The second kappa shape index (κ2) is 6.37. The molecule has 25 heavy (non-hydrogen) atoms. The first-order valence-corrected chi connectivity index (χ1v) is 8.46. The number of nitrogens with zero attached hydrogens (tertiary/aromatic N) is 5. The average Bonchev–Trinajstić information content (AvgIpc) is 2.92. The van der Waals surface area contributed by atoms with Gasteiger partial charge in [-0.1, -0.05) is 30.7 Å². The van der Waals surface area contributed by atoms with Crippen molar-refractivity contribution in [1.29, 1.82) is 0 Å². The van der Waals surface area contributed by atoms with Crippen LogP contribution in [0.4, 0.5) is 4.39 Å². The van der Waals surface area contributed by atoms with Crippen LogP contribution in [0.2, 0.25) is 5.15 Å². The van der Waals surface area contributed by atoms with Crippen LogP contribution in [0.1, 0.15) is 36.3 Å². The van der Waals surface area contributed by atoms with E-state index in [0.29, 0.717) is 34.5 Å². The summed E-state index contributed by atoms with van der Waals surface area (Å²) in [5.74, 6) is 1.20. The monoisotopic (exact) mass is 355 g/mol. The van der Waals surface area contributed by atoms with E-state index in [1.165, 1.54) is 6.07 Å². The van der Waals surface area contributed by atoms with Crippen molar-refractivity contribution in [3.63, 3.8) is 0 Å². The summed E-state index contributed by atoms with van der Waals surface area (Å²) in [4.78, 5) is 9.03. The first kappa shape index (κ1) is 15.9. The maximum absolute atomic E-state index is 14.4. The molecule has 0 fully saturated rings. The molecule has 0 spiro atoms. The van der Waals surface area contributed by atoms with Gasteiger partial charge < -0.3 is 0 Å². The summed E-state index contributed by atoms with van der Waals surface area (Å²) in [5, 5.41) is 8.86. The van der Waals surface area contributed by atoms with E-state index < -0.39 is 0 Å². The minimum absolute atomic E-state index is 0.300. The SMILES string of the molecule is CCCc1nnc2n1-c1ccc(Cl)nc1C(c1ccccc1F)=NC2. The lowest BCUT2D eigenvalue weighted by Gasteiger charge is -2.13. The second-order valence-electron chi connectivity index (χ2n) is 5.76. The molecule has 7 heteroatoms. The number of aliphatic imine (C=N–C) groups is 1. The summed E-state index contributed by atoms with van der Waals surface area (Å²) >= 11 is 6.12. The van der Waals surface area contributed by atoms with Gasteiger partial charge in [-0.05, 0) is 30.7 Å². The van der Waals surface area contributed by atoms with Crippen molar-refractivity contribution in [2.75, 3.05) is 0 Å². The van der Waals surface area contributed by atoms with Crippen LogP contribution in [-0.4, -0.2) is 25.5 Å². The Morgan fingerprint density at radius 1 is 1.16 bits per heavy atom. The molecule has 1 aromatic carbocycles. The molecule has 5 nitrogen and oxygen atoms in total. The molecule has 0 unspecified atom stereocenters. The lowest BCUT2D eigenvalue weighted by molar-refractivity contribution is 0.625. The predicted molar refractivity (Wildman–Crippen MR) is 93.9 cm³/mol. The zero-order valence-electron chi connectivity index (χ0n) is 13.6. The molecule has 0 radical (unpaired) electrons. The largest absolute Gasteiger partial charge is 0.279 e. The van der Waals surface area contributed by atoms with Crippen molar-refractivity contribution in [2.24, 2.45) is 4.99 Å².